The molecule has 2 heteroatoms. The summed E-state index contributed by atoms with van der Waals surface area (Å²) < 4.78 is 0. The zero-order chi connectivity index (χ0) is 12.4. The molecule has 4 atom stereocenters. The van der Waals surface area contributed by atoms with Crippen molar-refractivity contribution in [3.05, 3.63) is 0 Å². The second-order valence-corrected chi connectivity index (χ2v) is 7.46. The average Bonchev–Trinajstić information content (AvgIpc) is 2.87. The Morgan fingerprint density at radius 1 is 1.24 bits per heavy atom. The number of rotatable bonds is 6. The molecule has 0 N–H and O–H groups in total. The van der Waals surface area contributed by atoms with Gasteiger partial charge in [-0.25, -0.2) is 0 Å². The van der Waals surface area contributed by atoms with Gasteiger partial charge in [0.15, 0.2) is 0 Å². The average molecular weight is 302 g/mol. The van der Waals surface area contributed by atoms with Gasteiger partial charge in [-0.1, -0.05) is 36.2 Å². The van der Waals surface area contributed by atoms with Gasteiger partial charge >= 0.3 is 0 Å². The van der Waals surface area contributed by atoms with Crippen molar-refractivity contribution >= 4 is 15.9 Å². The SMILES string of the molecule is CC(C)C(CBr)CN(C)CC1CC2CCC1C2. The molecule has 0 aliphatic heterocycles. The molecule has 2 rings (SSSR count). The first kappa shape index (κ1) is 13.9. The first-order valence-corrected chi connectivity index (χ1v) is 8.46. The summed E-state index contributed by atoms with van der Waals surface area (Å²) in [4.78, 5) is 2.59. The van der Waals surface area contributed by atoms with Crippen LogP contribution in [0.4, 0.5) is 0 Å². The Balaban J connectivity index is 1.75. The molecule has 0 aromatic heterocycles. The van der Waals surface area contributed by atoms with E-state index in [2.05, 4.69) is 41.7 Å². The van der Waals surface area contributed by atoms with Gasteiger partial charge < -0.3 is 4.90 Å². The Hall–Kier alpha value is 0.440. The lowest BCUT2D eigenvalue weighted by atomic mass is 9.88. The van der Waals surface area contributed by atoms with E-state index in [0.717, 1.165) is 34.9 Å². The molecule has 0 aromatic rings. The van der Waals surface area contributed by atoms with Crippen LogP contribution in [0.15, 0.2) is 0 Å². The van der Waals surface area contributed by atoms with Crippen LogP contribution >= 0.6 is 15.9 Å². The summed E-state index contributed by atoms with van der Waals surface area (Å²) in [5.41, 5.74) is 0. The monoisotopic (exact) mass is 301 g/mol. The number of alkyl halides is 1. The van der Waals surface area contributed by atoms with E-state index in [1.165, 1.54) is 32.4 Å². The lowest BCUT2D eigenvalue weighted by Gasteiger charge is -2.30. The number of fused-ring (bicyclic) bond motifs is 2. The van der Waals surface area contributed by atoms with Gasteiger partial charge in [0.2, 0.25) is 0 Å². The zero-order valence-corrected chi connectivity index (χ0v) is 13.2. The minimum Gasteiger partial charge on any atom is -0.306 e. The highest BCUT2D eigenvalue weighted by Gasteiger charge is 2.39. The first-order chi connectivity index (χ1) is 8.10. The van der Waals surface area contributed by atoms with Gasteiger partial charge in [-0.3, -0.25) is 0 Å². The van der Waals surface area contributed by atoms with Gasteiger partial charge in [-0.05, 0) is 55.9 Å². The third kappa shape index (κ3) is 3.47. The first-order valence-electron chi connectivity index (χ1n) is 7.34. The molecule has 0 heterocycles. The maximum Gasteiger partial charge on any atom is 0.00743 e. The second-order valence-electron chi connectivity index (χ2n) is 6.81. The molecule has 2 bridgehead atoms. The van der Waals surface area contributed by atoms with Crippen LogP contribution in [0.1, 0.15) is 39.5 Å². The van der Waals surface area contributed by atoms with Crippen molar-refractivity contribution in [2.24, 2.45) is 29.6 Å². The molecular formula is C15H28BrN. The fourth-order valence-corrected chi connectivity index (χ4v) is 4.87. The highest BCUT2D eigenvalue weighted by Crippen LogP contribution is 2.48. The van der Waals surface area contributed by atoms with Crippen LogP contribution in [0.2, 0.25) is 0 Å². The maximum atomic E-state index is 3.66. The molecular weight excluding hydrogens is 274 g/mol. The summed E-state index contributed by atoms with van der Waals surface area (Å²) in [6, 6.07) is 0. The Morgan fingerprint density at radius 3 is 2.47 bits per heavy atom. The predicted molar refractivity (Wildman–Crippen MR) is 78.6 cm³/mol. The highest BCUT2D eigenvalue weighted by molar-refractivity contribution is 9.09. The summed E-state index contributed by atoms with van der Waals surface area (Å²) in [5, 5.41) is 1.14. The zero-order valence-electron chi connectivity index (χ0n) is 11.7. The van der Waals surface area contributed by atoms with Gasteiger partial charge in [0.25, 0.3) is 0 Å². The van der Waals surface area contributed by atoms with Crippen molar-refractivity contribution in [3.8, 4) is 0 Å². The van der Waals surface area contributed by atoms with E-state index in [1.807, 2.05) is 0 Å². The molecule has 2 aliphatic carbocycles. The minimum absolute atomic E-state index is 0.789. The predicted octanol–water partition coefficient (Wildman–Crippen LogP) is 4.02. The van der Waals surface area contributed by atoms with Crippen molar-refractivity contribution in [1.29, 1.82) is 0 Å². The van der Waals surface area contributed by atoms with Crippen LogP contribution in [-0.2, 0) is 0 Å². The van der Waals surface area contributed by atoms with Crippen molar-refractivity contribution in [1.82, 2.24) is 4.90 Å². The Bertz CT molecular complexity index is 241. The Morgan fingerprint density at radius 2 is 2.00 bits per heavy atom. The summed E-state index contributed by atoms with van der Waals surface area (Å²) in [7, 11) is 2.32. The van der Waals surface area contributed by atoms with Gasteiger partial charge in [0.05, 0.1) is 0 Å². The topological polar surface area (TPSA) is 3.24 Å². The summed E-state index contributed by atoms with van der Waals surface area (Å²) in [6.45, 7) is 7.29. The quantitative estimate of drug-likeness (QED) is 0.670. The fraction of sp³-hybridized carbons (Fsp3) is 1.00. The third-order valence-electron chi connectivity index (χ3n) is 5.12. The molecule has 100 valence electrons. The van der Waals surface area contributed by atoms with Crippen molar-refractivity contribution in [2.75, 3.05) is 25.5 Å². The number of halogens is 1. The second kappa shape index (κ2) is 6.06. The summed E-state index contributed by atoms with van der Waals surface area (Å²) in [5.74, 6) is 4.77. The number of nitrogens with zero attached hydrogens (tertiary/aromatic N) is 1. The molecule has 0 radical (unpaired) electrons. The van der Waals surface area contributed by atoms with Gasteiger partial charge in [0, 0.05) is 18.4 Å². The minimum atomic E-state index is 0.789. The molecule has 1 nitrogen and oxygen atoms in total. The van der Waals surface area contributed by atoms with Crippen LogP contribution in [0.25, 0.3) is 0 Å². The molecule has 17 heavy (non-hydrogen) atoms. The van der Waals surface area contributed by atoms with E-state index >= 15 is 0 Å². The van der Waals surface area contributed by atoms with Crippen molar-refractivity contribution < 1.29 is 0 Å². The van der Waals surface area contributed by atoms with E-state index in [4.69, 9.17) is 0 Å². The Labute approximate surface area is 115 Å². The third-order valence-corrected chi connectivity index (χ3v) is 5.95. The van der Waals surface area contributed by atoms with Crippen LogP contribution in [0.3, 0.4) is 0 Å². The molecule has 0 amide bonds. The van der Waals surface area contributed by atoms with Gasteiger partial charge in [0.1, 0.15) is 0 Å². The molecule has 2 fully saturated rings. The molecule has 4 unspecified atom stereocenters. The van der Waals surface area contributed by atoms with Crippen molar-refractivity contribution in [3.63, 3.8) is 0 Å². The smallest absolute Gasteiger partial charge is 0.00743 e. The largest absolute Gasteiger partial charge is 0.306 e. The van der Waals surface area contributed by atoms with Crippen LogP contribution in [0.5, 0.6) is 0 Å². The Kier molecular flexibility index (Phi) is 4.94. The van der Waals surface area contributed by atoms with Crippen LogP contribution in [-0.4, -0.2) is 30.4 Å². The van der Waals surface area contributed by atoms with Crippen molar-refractivity contribution in [2.45, 2.75) is 39.5 Å². The lowest BCUT2D eigenvalue weighted by molar-refractivity contribution is 0.188. The molecule has 0 spiro atoms. The number of hydrogen-bond acceptors (Lipinski definition) is 1. The van der Waals surface area contributed by atoms with Gasteiger partial charge in [-0.2, -0.15) is 0 Å². The molecule has 0 saturated heterocycles. The van der Waals surface area contributed by atoms with E-state index in [-0.39, 0.29) is 0 Å². The maximum absolute atomic E-state index is 3.66. The molecule has 0 aromatic carbocycles. The van der Waals surface area contributed by atoms with Crippen LogP contribution < -0.4 is 0 Å². The normalized spacial score (nSPS) is 33.9. The van der Waals surface area contributed by atoms with E-state index in [0.29, 0.717) is 0 Å². The summed E-state index contributed by atoms with van der Waals surface area (Å²) >= 11 is 3.66. The van der Waals surface area contributed by atoms with E-state index in [1.54, 1.807) is 6.42 Å². The molecule has 2 aliphatic rings. The summed E-state index contributed by atoms with van der Waals surface area (Å²) in [6.07, 6.45) is 6.12. The van der Waals surface area contributed by atoms with E-state index in [9.17, 15) is 0 Å². The fourth-order valence-electron chi connectivity index (χ4n) is 3.91. The standard InChI is InChI=1S/C15H28BrN/c1-11(2)15(8-16)10-17(3)9-14-7-12-4-5-13(14)6-12/h11-15H,4-10H2,1-3H3. The van der Waals surface area contributed by atoms with E-state index < -0.39 is 0 Å². The highest BCUT2D eigenvalue weighted by atomic mass is 79.9. The van der Waals surface area contributed by atoms with Crippen LogP contribution in [0, 0.1) is 29.6 Å². The van der Waals surface area contributed by atoms with Gasteiger partial charge in [-0.15, -0.1) is 0 Å². The molecule has 2 saturated carbocycles. The number of hydrogen-bond donors (Lipinski definition) is 0. The lowest BCUT2D eigenvalue weighted by Crippen LogP contribution is -2.34.